The molecule has 1 heterocycles. The van der Waals surface area contributed by atoms with Crippen LogP contribution in [-0.4, -0.2) is 18.4 Å². The van der Waals surface area contributed by atoms with Gasteiger partial charge in [-0.15, -0.1) is 0 Å². The quantitative estimate of drug-likeness (QED) is 0.419. The van der Waals surface area contributed by atoms with Gasteiger partial charge in [-0.25, -0.2) is 4.21 Å². The summed E-state index contributed by atoms with van der Waals surface area (Å²) < 4.78 is 24.1. The van der Waals surface area contributed by atoms with Crippen LogP contribution in [0, 0.1) is 0 Å². The SMILES string of the molecule is COc1ccc(C2=C(Sc3c(Cl)cccc3Cl)c3ccc(OC)cc3S2=O)cc1. The minimum absolute atomic E-state index is 0.553. The van der Waals surface area contributed by atoms with E-state index < -0.39 is 10.8 Å². The first-order valence-corrected chi connectivity index (χ1v) is 11.4. The van der Waals surface area contributed by atoms with E-state index in [-0.39, 0.29) is 0 Å². The lowest BCUT2D eigenvalue weighted by molar-refractivity contribution is 0.413. The molecule has 3 aromatic carbocycles. The maximum atomic E-state index is 13.5. The molecule has 4 rings (SSSR count). The van der Waals surface area contributed by atoms with Gasteiger partial charge in [-0.05, 0) is 48.0 Å². The molecule has 7 heteroatoms. The fourth-order valence-electron chi connectivity index (χ4n) is 3.05. The van der Waals surface area contributed by atoms with Gasteiger partial charge in [0.1, 0.15) is 11.5 Å². The summed E-state index contributed by atoms with van der Waals surface area (Å²) in [5, 5.41) is 1.11. The second kappa shape index (κ2) is 8.44. The van der Waals surface area contributed by atoms with Gasteiger partial charge in [0.15, 0.2) is 0 Å². The standard InChI is InChI=1S/C22H16Cl2O3S2/c1-26-14-8-6-13(7-9-14)22-20(28-21-17(23)4-3-5-18(21)24)16-11-10-15(27-2)12-19(16)29(22)25/h3-12H,1-2H3. The van der Waals surface area contributed by atoms with Crippen LogP contribution in [0.4, 0.5) is 0 Å². The normalized spacial score (nSPS) is 15.4. The third kappa shape index (κ3) is 3.80. The van der Waals surface area contributed by atoms with Crippen molar-refractivity contribution in [3.05, 3.63) is 81.8 Å². The van der Waals surface area contributed by atoms with E-state index in [0.29, 0.717) is 20.7 Å². The molecule has 0 spiro atoms. The van der Waals surface area contributed by atoms with Gasteiger partial charge in [-0.3, -0.25) is 0 Å². The number of methoxy groups -OCH3 is 2. The van der Waals surface area contributed by atoms with Crippen molar-refractivity contribution in [1.82, 2.24) is 0 Å². The summed E-state index contributed by atoms with van der Waals surface area (Å²) >= 11 is 14.3. The molecule has 0 N–H and O–H groups in total. The molecule has 0 amide bonds. The van der Waals surface area contributed by atoms with Crippen LogP contribution in [0.15, 0.2) is 70.5 Å². The molecule has 3 aromatic rings. The fraction of sp³-hybridized carbons (Fsp3) is 0.0909. The van der Waals surface area contributed by atoms with Crippen LogP contribution < -0.4 is 9.47 Å². The highest BCUT2D eigenvalue weighted by molar-refractivity contribution is 8.11. The molecular formula is C22H16Cl2O3S2. The zero-order valence-corrected chi connectivity index (χ0v) is 18.7. The Morgan fingerprint density at radius 1 is 0.862 bits per heavy atom. The third-order valence-electron chi connectivity index (χ3n) is 4.50. The van der Waals surface area contributed by atoms with Crippen LogP contribution >= 0.6 is 35.0 Å². The molecule has 0 fully saturated rings. The van der Waals surface area contributed by atoms with Crippen molar-refractivity contribution in [3.8, 4) is 11.5 Å². The Morgan fingerprint density at radius 2 is 1.48 bits per heavy atom. The van der Waals surface area contributed by atoms with Crippen molar-refractivity contribution >= 4 is 55.6 Å². The van der Waals surface area contributed by atoms with Gasteiger partial charge in [-0.2, -0.15) is 0 Å². The first kappa shape index (κ1) is 20.4. The number of hydrogen-bond acceptors (Lipinski definition) is 4. The Labute approximate surface area is 186 Å². The Hall–Kier alpha value is -1.92. The highest BCUT2D eigenvalue weighted by Gasteiger charge is 2.31. The molecule has 3 nitrogen and oxygen atoms in total. The number of benzene rings is 3. The number of rotatable bonds is 5. The van der Waals surface area contributed by atoms with E-state index in [1.807, 2.05) is 42.5 Å². The molecule has 0 bridgehead atoms. The number of halogens is 2. The molecule has 1 unspecified atom stereocenters. The van der Waals surface area contributed by atoms with Crippen LogP contribution in [0.3, 0.4) is 0 Å². The lowest BCUT2D eigenvalue weighted by atomic mass is 10.1. The van der Waals surface area contributed by atoms with Gasteiger partial charge in [0.25, 0.3) is 0 Å². The van der Waals surface area contributed by atoms with Crippen molar-refractivity contribution in [2.24, 2.45) is 0 Å². The van der Waals surface area contributed by atoms with Crippen LogP contribution in [0.2, 0.25) is 10.0 Å². The third-order valence-corrected chi connectivity index (χ3v) is 8.30. The first-order valence-electron chi connectivity index (χ1n) is 8.64. The van der Waals surface area contributed by atoms with Gasteiger partial charge >= 0.3 is 0 Å². The van der Waals surface area contributed by atoms with Crippen LogP contribution in [0.5, 0.6) is 11.5 Å². The van der Waals surface area contributed by atoms with Crippen molar-refractivity contribution in [1.29, 1.82) is 0 Å². The van der Waals surface area contributed by atoms with Gasteiger partial charge in [0.05, 0.1) is 44.9 Å². The minimum atomic E-state index is -1.37. The molecule has 0 saturated carbocycles. The van der Waals surface area contributed by atoms with Gasteiger partial charge in [-0.1, -0.05) is 53.2 Å². The summed E-state index contributed by atoms with van der Waals surface area (Å²) in [5.41, 5.74) is 1.74. The molecule has 0 aromatic heterocycles. The number of thioether (sulfide) groups is 1. The molecule has 1 aliphatic rings. The monoisotopic (exact) mass is 462 g/mol. The van der Waals surface area contributed by atoms with E-state index in [9.17, 15) is 4.21 Å². The number of ether oxygens (including phenoxy) is 2. The zero-order valence-electron chi connectivity index (χ0n) is 15.6. The molecule has 148 valence electrons. The van der Waals surface area contributed by atoms with E-state index in [4.69, 9.17) is 32.7 Å². The second-order valence-corrected chi connectivity index (χ2v) is 9.39. The van der Waals surface area contributed by atoms with Crippen LogP contribution in [0.1, 0.15) is 11.1 Å². The second-order valence-electron chi connectivity index (χ2n) is 6.17. The lowest BCUT2D eigenvalue weighted by Gasteiger charge is -2.11. The number of hydrogen-bond donors (Lipinski definition) is 0. The summed E-state index contributed by atoms with van der Waals surface area (Å²) in [7, 11) is 1.84. The Kier molecular flexibility index (Phi) is 5.93. The van der Waals surface area contributed by atoms with E-state index >= 15 is 0 Å². The molecule has 29 heavy (non-hydrogen) atoms. The molecule has 0 radical (unpaired) electrons. The topological polar surface area (TPSA) is 35.5 Å². The maximum absolute atomic E-state index is 13.5. The zero-order chi connectivity index (χ0) is 20.5. The summed E-state index contributed by atoms with van der Waals surface area (Å²) in [6.07, 6.45) is 0. The Bertz CT molecular complexity index is 1120. The van der Waals surface area contributed by atoms with E-state index in [2.05, 4.69) is 0 Å². The Morgan fingerprint density at radius 3 is 2.10 bits per heavy atom. The molecular weight excluding hydrogens is 447 g/mol. The lowest BCUT2D eigenvalue weighted by Crippen LogP contribution is -1.93. The summed E-state index contributed by atoms with van der Waals surface area (Å²) in [4.78, 5) is 3.02. The smallest absolute Gasteiger partial charge is 0.120 e. The summed E-state index contributed by atoms with van der Waals surface area (Å²) in [5.74, 6) is 1.40. The average Bonchev–Trinajstić information content (AvgIpc) is 3.02. The van der Waals surface area contributed by atoms with Gasteiger partial charge in [0, 0.05) is 15.4 Å². The highest BCUT2D eigenvalue weighted by Crippen LogP contribution is 2.52. The predicted molar refractivity (Wildman–Crippen MR) is 122 cm³/mol. The van der Waals surface area contributed by atoms with Gasteiger partial charge in [0.2, 0.25) is 0 Å². The number of fused-ring (bicyclic) bond motifs is 1. The molecule has 1 aliphatic heterocycles. The van der Waals surface area contributed by atoms with Crippen LogP contribution in [0.25, 0.3) is 9.81 Å². The minimum Gasteiger partial charge on any atom is -0.497 e. The van der Waals surface area contributed by atoms with Gasteiger partial charge < -0.3 is 9.47 Å². The van der Waals surface area contributed by atoms with E-state index in [0.717, 1.165) is 31.6 Å². The van der Waals surface area contributed by atoms with E-state index in [1.165, 1.54) is 11.8 Å². The van der Waals surface area contributed by atoms with Crippen molar-refractivity contribution in [2.75, 3.05) is 14.2 Å². The molecule has 0 aliphatic carbocycles. The van der Waals surface area contributed by atoms with Crippen molar-refractivity contribution in [2.45, 2.75) is 9.79 Å². The maximum Gasteiger partial charge on any atom is 0.120 e. The average molecular weight is 463 g/mol. The van der Waals surface area contributed by atoms with E-state index in [1.54, 1.807) is 32.4 Å². The molecule has 0 saturated heterocycles. The first-order chi connectivity index (χ1) is 14.0. The van der Waals surface area contributed by atoms with Crippen molar-refractivity contribution in [3.63, 3.8) is 0 Å². The largest absolute Gasteiger partial charge is 0.497 e. The predicted octanol–water partition coefficient (Wildman–Crippen LogP) is 6.75. The summed E-state index contributed by atoms with van der Waals surface area (Å²) in [6, 6.07) is 18.5. The Balaban J connectivity index is 1.90. The summed E-state index contributed by atoms with van der Waals surface area (Å²) in [6.45, 7) is 0. The molecule has 1 atom stereocenters. The fourth-order valence-corrected chi connectivity index (χ4v) is 6.57. The van der Waals surface area contributed by atoms with Crippen molar-refractivity contribution < 1.29 is 13.7 Å². The van der Waals surface area contributed by atoms with Crippen LogP contribution in [-0.2, 0) is 10.8 Å². The highest BCUT2D eigenvalue weighted by atomic mass is 35.5.